The highest BCUT2D eigenvalue weighted by molar-refractivity contribution is 7.71. The fourth-order valence-corrected chi connectivity index (χ4v) is 2.09. The zero-order valence-electron chi connectivity index (χ0n) is 11.0. The lowest BCUT2D eigenvalue weighted by Crippen LogP contribution is -2.24. The first kappa shape index (κ1) is 13.9. The van der Waals surface area contributed by atoms with Gasteiger partial charge in [0.2, 0.25) is 0 Å². The van der Waals surface area contributed by atoms with Crippen LogP contribution in [0.15, 0.2) is 30.3 Å². The van der Waals surface area contributed by atoms with Crippen LogP contribution in [-0.4, -0.2) is 41.7 Å². The Labute approximate surface area is 117 Å². The smallest absolute Gasteiger partial charge is 0.195 e. The molecule has 0 aliphatic heterocycles. The Hall–Kier alpha value is -1.50. The molecular weight excluding hydrogens is 262 g/mol. The van der Waals surface area contributed by atoms with E-state index in [9.17, 15) is 0 Å². The number of benzene rings is 1. The van der Waals surface area contributed by atoms with Crippen LogP contribution in [0, 0.1) is 4.77 Å². The van der Waals surface area contributed by atoms with Crippen molar-refractivity contribution in [1.82, 2.24) is 14.8 Å². The minimum atomic E-state index is -0.0586. The lowest BCUT2D eigenvalue weighted by atomic mass is 10.2. The summed E-state index contributed by atoms with van der Waals surface area (Å²) in [6.45, 7) is 1.11. The molecule has 0 saturated heterocycles. The molecule has 6 heteroatoms. The Balaban J connectivity index is 2.30. The molecule has 2 aromatic rings. The van der Waals surface area contributed by atoms with Crippen molar-refractivity contribution in [2.24, 2.45) is 0 Å². The third-order valence-corrected chi connectivity index (χ3v) is 3.17. The van der Waals surface area contributed by atoms with E-state index in [4.69, 9.17) is 21.7 Å². The van der Waals surface area contributed by atoms with Gasteiger partial charge in [-0.25, -0.2) is 0 Å². The van der Waals surface area contributed by atoms with Crippen LogP contribution < -0.4 is 0 Å². The SMILES string of the molecule is COCC(Cn1c(-c2ccccc2)n[nH]c1=S)OC. The van der Waals surface area contributed by atoms with Crippen LogP contribution in [0.5, 0.6) is 0 Å². The van der Waals surface area contributed by atoms with Gasteiger partial charge < -0.3 is 9.47 Å². The first-order valence-electron chi connectivity index (χ1n) is 5.98. The molecule has 0 spiro atoms. The second-order valence-electron chi connectivity index (χ2n) is 4.14. The molecule has 1 heterocycles. The van der Waals surface area contributed by atoms with Crippen LogP contribution in [0.3, 0.4) is 0 Å². The molecule has 0 saturated carbocycles. The van der Waals surface area contributed by atoms with Gasteiger partial charge in [-0.15, -0.1) is 0 Å². The lowest BCUT2D eigenvalue weighted by Gasteiger charge is -2.16. The third-order valence-electron chi connectivity index (χ3n) is 2.86. The van der Waals surface area contributed by atoms with Gasteiger partial charge in [-0.1, -0.05) is 30.3 Å². The number of methoxy groups -OCH3 is 2. The average Bonchev–Trinajstić information content (AvgIpc) is 2.80. The summed E-state index contributed by atoms with van der Waals surface area (Å²) < 4.78 is 13.0. The fraction of sp³-hybridized carbons (Fsp3) is 0.385. The molecule has 0 aliphatic carbocycles. The van der Waals surface area contributed by atoms with Crippen molar-refractivity contribution in [3.8, 4) is 11.4 Å². The standard InChI is InChI=1S/C13H17N3O2S/c1-17-9-11(18-2)8-16-12(14-15-13(16)19)10-6-4-3-5-7-10/h3-7,11H,8-9H2,1-2H3,(H,15,19). The Kier molecular flexibility index (Phi) is 4.84. The van der Waals surface area contributed by atoms with Crippen LogP contribution in [0.2, 0.25) is 0 Å². The molecule has 0 aliphatic rings. The van der Waals surface area contributed by atoms with Crippen LogP contribution in [-0.2, 0) is 16.0 Å². The number of rotatable bonds is 6. The van der Waals surface area contributed by atoms with E-state index in [1.807, 2.05) is 34.9 Å². The molecule has 2 rings (SSSR count). The summed E-state index contributed by atoms with van der Waals surface area (Å²) in [5, 5.41) is 7.11. The zero-order chi connectivity index (χ0) is 13.7. The van der Waals surface area contributed by atoms with Gasteiger partial charge >= 0.3 is 0 Å². The van der Waals surface area contributed by atoms with Crippen molar-refractivity contribution in [2.45, 2.75) is 12.6 Å². The van der Waals surface area contributed by atoms with Gasteiger partial charge in [0.1, 0.15) is 0 Å². The highest BCUT2D eigenvalue weighted by atomic mass is 32.1. The molecule has 102 valence electrons. The van der Waals surface area contributed by atoms with Crippen LogP contribution in [0.4, 0.5) is 0 Å². The van der Waals surface area contributed by atoms with E-state index < -0.39 is 0 Å². The summed E-state index contributed by atoms with van der Waals surface area (Å²) in [6.07, 6.45) is -0.0586. The Morgan fingerprint density at radius 3 is 2.68 bits per heavy atom. The Morgan fingerprint density at radius 1 is 1.32 bits per heavy atom. The van der Waals surface area contributed by atoms with Gasteiger partial charge in [0, 0.05) is 19.8 Å². The number of aromatic amines is 1. The molecule has 1 unspecified atom stereocenters. The summed E-state index contributed by atoms with van der Waals surface area (Å²) in [5.41, 5.74) is 1.02. The predicted molar refractivity (Wildman–Crippen MR) is 75.5 cm³/mol. The van der Waals surface area contributed by atoms with Crippen LogP contribution in [0.1, 0.15) is 0 Å². The van der Waals surface area contributed by atoms with E-state index >= 15 is 0 Å². The van der Waals surface area contributed by atoms with Crippen molar-refractivity contribution < 1.29 is 9.47 Å². The molecule has 1 N–H and O–H groups in total. The highest BCUT2D eigenvalue weighted by Gasteiger charge is 2.14. The number of H-pyrrole nitrogens is 1. The van der Waals surface area contributed by atoms with Gasteiger partial charge in [-0.2, -0.15) is 5.10 Å². The minimum Gasteiger partial charge on any atom is -0.382 e. The molecule has 0 amide bonds. The topological polar surface area (TPSA) is 52.1 Å². The normalized spacial score (nSPS) is 12.5. The van der Waals surface area contributed by atoms with Crippen LogP contribution in [0.25, 0.3) is 11.4 Å². The molecule has 0 bridgehead atoms. The van der Waals surface area contributed by atoms with E-state index in [2.05, 4.69) is 10.2 Å². The summed E-state index contributed by atoms with van der Waals surface area (Å²) in [6, 6.07) is 9.91. The van der Waals surface area contributed by atoms with Gasteiger partial charge in [0.15, 0.2) is 10.6 Å². The van der Waals surface area contributed by atoms with Gasteiger partial charge in [-0.05, 0) is 12.2 Å². The zero-order valence-corrected chi connectivity index (χ0v) is 11.8. The molecule has 5 nitrogen and oxygen atoms in total. The van der Waals surface area contributed by atoms with Crippen LogP contribution >= 0.6 is 12.2 Å². The molecule has 0 fully saturated rings. The van der Waals surface area contributed by atoms with Crippen molar-refractivity contribution in [1.29, 1.82) is 0 Å². The van der Waals surface area contributed by atoms with Gasteiger partial charge in [0.05, 0.1) is 19.3 Å². The second-order valence-corrected chi connectivity index (χ2v) is 4.53. The number of hydrogen-bond donors (Lipinski definition) is 1. The predicted octanol–water partition coefficient (Wildman–Crippen LogP) is 2.27. The highest BCUT2D eigenvalue weighted by Crippen LogP contribution is 2.17. The quantitative estimate of drug-likeness (QED) is 0.824. The number of ether oxygens (including phenoxy) is 2. The Bertz CT molecular complexity index is 565. The third kappa shape index (κ3) is 3.28. The van der Waals surface area contributed by atoms with E-state index in [0.717, 1.165) is 11.4 Å². The van der Waals surface area contributed by atoms with Gasteiger partial charge in [0.25, 0.3) is 0 Å². The van der Waals surface area contributed by atoms with E-state index in [0.29, 0.717) is 17.9 Å². The maximum atomic E-state index is 5.38. The number of nitrogens with zero attached hydrogens (tertiary/aromatic N) is 2. The molecule has 1 atom stereocenters. The van der Waals surface area contributed by atoms with Crippen molar-refractivity contribution >= 4 is 12.2 Å². The van der Waals surface area contributed by atoms with Crippen molar-refractivity contribution in [2.75, 3.05) is 20.8 Å². The lowest BCUT2D eigenvalue weighted by molar-refractivity contribution is 0.0183. The molecular formula is C13H17N3O2S. The fourth-order valence-electron chi connectivity index (χ4n) is 1.88. The summed E-state index contributed by atoms with van der Waals surface area (Å²) >= 11 is 5.27. The first-order valence-corrected chi connectivity index (χ1v) is 6.39. The van der Waals surface area contributed by atoms with E-state index in [-0.39, 0.29) is 6.10 Å². The monoisotopic (exact) mass is 279 g/mol. The number of aromatic nitrogens is 3. The molecule has 1 aromatic heterocycles. The molecule has 19 heavy (non-hydrogen) atoms. The summed E-state index contributed by atoms with van der Waals surface area (Å²) in [4.78, 5) is 0. The Morgan fingerprint density at radius 2 is 2.05 bits per heavy atom. The number of hydrogen-bond acceptors (Lipinski definition) is 4. The molecule has 1 aromatic carbocycles. The second kappa shape index (κ2) is 6.60. The van der Waals surface area contributed by atoms with Crippen molar-refractivity contribution in [3.63, 3.8) is 0 Å². The average molecular weight is 279 g/mol. The maximum absolute atomic E-state index is 5.38. The van der Waals surface area contributed by atoms with Crippen molar-refractivity contribution in [3.05, 3.63) is 35.1 Å². The summed E-state index contributed by atoms with van der Waals surface area (Å²) in [7, 11) is 3.31. The van der Waals surface area contributed by atoms with E-state index in [1.165, 1.54) is 0 Å². The minimum absolute atomic E-state index is 0.0586. The molecule has 0 radical (unpaired) electrons. The van der Waals surface area contributed by atoms with Gasteiger partial charge in [-0.3, -0.25) is 9.67 Å². The first-order chi connectivity index (χ1) is 9.26. The van der Waals surface area contributed by atoms with E-state index in [1.54, 1.807) is 14.2 Å². The maximum Gasteiger partial charge on any atom is 0.195 e. The largest absolute Gasteiger partial charge is 0.382 e. The summed E-state index contributed by atoms with van der Waals surface area (Å²) in [5.74, 6) is 0.809. The number of nitrogens with one attached hydrogen (secondary N) is 1.